The second kappa shape index (κ2) is 7.39. The summed E-state index contributed by atoms with van der Waals surface area (Å²) in [6.45, 7) is 4.14. The van der Waals surface area contributed by atoms with Crippen LogP contribution >= 0.6 is 0 Å². The number of anilines is 3. The number of benzene rings is 1. The molecule has 9 nitrogen and oxygen atoms in total. The molecule has 0 saturated carbocycles. The zero-order valence-electron chi connectivity index (χ0n) is 15.7. The van der Waals surface area contributed by atoms with Crippen molar-refractivity contribution in [3.05, 3.63) is 30.0 Å². The Bertz CT molecular complexity index is 938. The van der Waals surface area contributed by atoms with Crippen molar-refractivity contribution in [1.82, 2.24) is 0 Å². The van der Waals surface area contributed by atoms with Gasteiger partial charge in [-0.2, -0.15) is 8.42 Å². The highest BCUT2D eigenvalue weighted by Crippen LogP contribution is 2.41. The first kappa shape index (κ1) is 20.4. The zero-order chi connectivity index (χ0) is 20.5. The lowest BCUT2D eigenvalue weighted by Crippen LogP contribution is -2.32. The van der Waals surface area contributed by atoms with Crippen molar-refractivity contribution < 1.29 is 27.5 Å². The van der Waals surface area contributed by atoms with E-state index < -0.39 is 27.9 Å². The van der Waals surface area contributed by atoms with Crippen molar-refractivity contribution >= 4 is 44.9 Å². The SMILES string of the molecule is CCOC(=O)/C(=C/N(C(C)=O)c1ccc2c(c1)N(C)S(=O)(=O)N2C)C(C)=O. The van der Waals surface area contributed by atoms with Crippen molar-refractivity contribution in [3.63, 3.8) is 0 Å². The Labute approximate surface area is 158 Å². The van der Waals surface area contributed by atoms with Crippen LogP contribution in [0.25, 0.3) is 0 Å². The Morgan fingerprint density at radius 1 is 1.11 bits per heavy atom. The van der Waals surface area contributed by atoms with Crippen LogP contribution in [0.3, 0.4) is 0 Å². The molecule has 146 valence electrons. The van der Waals surface area contributed by atoms with E-state index in [1.165, 1.54) is 40.1 Å². The molecule has 0 radical (unpaired) electrons. The van der Waals surface area contributed by atoms with Gasteiger partial charge in [-0.1, -0.05) is 0 Å². The zero-order valence-corrected chi connectivity index (χ0v) is 16.5. The summed E-state index contributed by atoms with van der Waals surface area (Å²) >= 11 is 0. The number of nitrogens with zero attached hydrogens (tertiary/aromatic N) is 3. The number of ether oxygens (including phenoxy) is 1. The standard InChI is InChI=1S/C17H21N3O6S/c1-6-26-17(23)14(11(2)21)10-20(12(3)22)13-7-8-15-16(9-13)19(5)27(24,25)18(15)4/h7-10H,6H2,1-5H3/b14-10+. The van der Waals surface area contributed by atoms with Crippen LogP contribution in [0.2, 0.25) is 0 Å². The van der Waals surface area contributed by atoms with Crippen molar-refractivity contribution in [3.8, 4) is 0 Å². The van der Waals surface area contributed by atoms with Crippen molar-refractivity contribution in [2.24, 2.45) is 0 Å². The molecule has 0 saturated heterocycles. The van der Waals surface area contributed by atoms with Gasteiger partial charge in [0.2, 0.25) is 5.91 Å². The molecule has 1 aliphatic rings. The number of rotatable bonds is 5. The molecule has 0 bridgehead atoms. The average Bonchev–Trinajstić information content (AvgIpc) is 2.75. The number of carbonyl (C=O) groups is 3. The van der Waals surface area contributed by atoms with Crippen LogP contribution in [0.15, 0.2) is 30.0 Å². The number of Topliss-reactive ketones (excluding diaryl/α,β-unsaturated/α-hetero) is 1. The Kier molecular flexibility index (Phi) is 5.59. The van der Waals surface area contributed by atoms with Crippen LogP contribution in [0.4, 0.5) is 17.1 Å². The fourth-order valence-corrected chi connectivity index (χ4v) is 3.75. The molecule has 0 N–H and O–H groups in total. The summed E-state index contributed by atoms with van der Waals surface area (Å²) in [6, 6.07) is 4.58. The van der Waals surface area contributed by atoms with E-state index in [9.17, 15) is 22.8 Å². The van der Waals surface area contributed by atoms with E-state index in [0.717, 1.165) is 19.7 Å². The molecular weight excluding hydrogens is 374 g/mol. The number of carbonyl (C=O) groups excluding carboxylic acids is 3. The maximum atomic E-state index is 12.2. The van der Waals surface area contributed by atoms with Gasteiger partial charge < -0.3 is 4.74 Å². The van der Waals surface area contributed by atoms with Gasteiger partial charge in [-0.05, 0) is 32.0 Å². The smallest absolute Gasteiger partial charge is 0.343 e. The molecule has 0 spiro atoms. The van der Waals surface area contributed by atoms with Crippen LogP contribution in [-0.2, 0) is 29.3 Å². The molecule has 0 aliphatic carbocycles. The molecule has 0 atom stereocenters. The van der Waals surface area contributed by atoms with Gasteiger partial charge >= 0.3 is 16.2 Å². The maximum Gasteiger partial charge on any atom is 0.343 e. The normalized spacial score (nSPS) is 15.4. The van der Waals surface area contributed by atoms with Crippen molar-refractivity contribution in [2.45, 2.75) is 20.8 Å². The number of hydrogen-bond acceptors (Lipinski definition) is 6. The van der Waals surface area contributed by atoms with Crippen molar-refractivity contribution in [2.75, 3.05) is 34.2 Å². The van der Waals surface area contributed by atoms with E-state index in [1.807, 2.05) is 0 Å². The monoisotopic (exact) mass is 395 g/mol. The minimum Gasteiger partial charge on any atom is -0.462 e. The maximum absolute atomic E-state index is 12.2. The molecule has 0 unspecified atom stereocenters. The third-order valence-corrected chi connectivity index (χ3v) is 5.86. The lowest BCUT2D eigenvalue weighted by molar-refractivity contribution is -0.139. The molecule has 2 rings (SSSR count). The van der Waals surface area contributed by atoms with Crippen LogP contribution in [0, 0.1) is 0 Å². The van der Waals surface area contributed by atoms with Crippen molar-refractivity contribution in [1.29, 1.82) is 0 Å². The molecular formula is C17H21N3O6S. The summed E-state index contributed by atoms with van der Waals surface area (Å²) in [4.78, 5) is 37.0. The lowest BCUT2D eigenvalue weighted by atomic mass is 10.1. The Morgan fingerprint density at radius 2 is 1.70 bits per heavy atom. The van der Waals surface area contributed by atoms with Gasteiger partial charge in [0.05, 0.1) is 23.7 Å². The minimum atomic E-state index is -3.66. The fourth-order valence-electron chi connectivity index (χ4n) is 2.58. The summed E-state index contributed by atoms with van der Waals surface area (Å²) < 4.78 is 31.6. The van der Waals surface area contributed by atoms with Gasteiger partial charge in [0.15, 0.2) is 5.78 Å². The highest BCUT2D eigenvalue weighted by molar-refractivity contribution is 7.94. The van der Waals surface area contributed by atoms with Crippen LogP contribution in [0.5, 0.6) is 0 Å². The van der Waals surface area contributed by atoms with E-state index in [1.54, 1.807) is 13.0 Å². The summed E-state index contributed by atoms with van der Waals surface area (Å²) in [5.74, 6) is -1.85. The van der Waals surface area contributed by atoms with Gasteiger partial charge in [-0.15, -0.1) is 0 Å². The molecule has 1 amide bonds. The summed E-state index contributed by atoms with van der Waals surface area (Å²) in [5, 5.41) is 0. The topological polar surface area (TPSA) is 104 Å². The molecule has 1 heterocycles. The summed E-state index contributed by atoms with van der Waals surface area (Å²) in [7, 11) is -0.840. The van der Waals surface area contributed by atoms with E-state index >= 15 is 0 Å². The number of fused-ring (bicyclic) bond motifs is 1. The van der Waals surface area contributed by atoms with E-state index in [-0.39, 0.29) is 12.2 Å². The van der Waals surface area contributed by atoms with Gasteiger partial charge in [0.25, 0.3) is 0 Å². The second-order valence-corrected chi connectivity index (χ2v) is 7.82. The molecule has 0 aromatic heterocycles. The molecule has 10 heteroatoms. The van der Waals surface area contributed by atoms with E-state index in [4.69, 9.17) is 4.74 Å². The van der Waals surface area contributed by atoms with Crippen LogP contribution in [-0.4, -0.2) is 46.8 Å². The summed E-state index contributed by atoms with van der Waals surface area (Å²) in [5.41, 5.74) is 0.841. The quantitative estimate of drug-likeness (QED) is 0.321. The first-order chi connectivity index (χ1) is 12.5. The van der Waals surface area contributed by atoms with Gasteiger partial charge in [0, 0.05) is 27.2 Å². The number of hydrogen-bond donors (Lipinski definition) is 0. The Balaban J connectivity index is 2.55. The Morgan fingerprint density at radius 3 is 2.22 bits per heavy atom. The largest absolute Gasteiger partial charge is 0.462 e. The third-order valence-electron chi connectivity index (χ3n) is 4.08. The molecule has 27 heavy (non-hydrogen) atoms. The highest BCUT2D eigenvalue weighted by atomic mass is 32.2. The van der Waals surface area contributed by atoms with E-state index in [2.05, 4.69) is 0 Å². The highest BCUT2D eigenvalue weighted by Gasteiger charge is 2.35. The number of esters is 1. The minimum absolute atomic E-state index is 0.0807. The fraction of sp³-hybridized carbons (Fsp3) is 0.353. The number of amides is 1. The Hall–Kier alpha value is -2.88. The number of ketones is 1. The molecule has 1 aliphatic heterocycles. The predicted molar refractivity (Wildman–Crippen MR) is 101 cm³/mol. The first-order valence-electron chi connectivity index (χ1n) is 8.08. The molecule has 1 aromatic rings. The molecule has 0 fully saturated rings. The predicted octanol–water partition coefficient (Wildman–Crippen LogP) is 1.21. The lowest BCUT2D eigenvalue weighted by Gasteiger charge is -2.19. The average molecular weight is 395 g/mol. The first-order valence-corrected chi connectivity index (χ1v) is 9.48. The summed E-state index contributed by atoms with van der Waals surface area (Å²) in [6.07, 6.45) is 1.11. The van der Waals surface area contributed by atoms with Crippen LogP contribution < -0.4 is 13.5 Å². The van der Waals surface area contributed by atoms with Gasteiger partial charge in [-0.3, -0.25) is 23.1 Å². The second-order valence-electron chi connectivity index (χ2n) is 5.82. The van der Waals surface area contributed by atoms with Crippen LogP contribution in [0.1, 0.15) is 20.8 Å². The third kappa shape index (κ3) is 3.65. The van der Waals surface area contributed by atoms with Gasteiger partial charge in [0.1, 0.15) is 5.57 Å². The van der Waals surface area contributed by atoms with Gasteiger partial charge in [-0.25, -0.2) is 4.79 Å². The molecule has 1 aromatic carbocycles. The van der Waals surface area contributed by atoms with E-state index in [0.29, 0.717) is 17.1 Å².